The summed E-state index contributed by atoms with van der Waals surface area (Å²) >= 11 is 0. The van der Waals surface area contributed by atoms with Crippen molar-refractivity contribution in [2.45, 2.75) is 38.1 Å². The molecule has 0 bridgehead atoms. The van der Waals surface area contributed by atoms with E-state index < -0.39 is 0 Å². The van der Waals surface area contributed by atoms with E-state index >= 15 is 0 Å². The van der Waals surface area contributed by atoms with Crippen molar-refractivity contribution in [2.75, 3.05) is 13.7 Å². The number of rotatable bonds is 11. The second-order valence-electron chi connectivity index (χ2n) is 10.0. The number of nitrogens with one attached hydrogen (secondary N) is 1. The number of aromatic nitrogens is 2. The van der Waals surface area contributed by atoms with Gasteiger partial charge in [-0.2, -0.15) is 0 Å². The maximum Gasteiger partial charge on any atom is 0.220 e. The Bertz CT molecular complexity index is 1490. The van der Waals surface area contributed by atoms with Gasteiger partial charge in [-0.25, -0.2) is 0 Å². The molecule has 0 unspecified atom stereocenters. The van der Waals surface area contributed by atoms with Crippen molar-refractivity contribution in [3.63, 3.8) is 0 Å². The van der Waals surface area contributed by atoms with Gasteiger partial charge in [-0.05, 0) is 52.9 Å². The number of nitrogens with zero attached hydrogens (tertiary/aromatic N) is 2. The van der Waals surface area contributed by atoms with Gasteiger partial charge in [0, 0.05) is 60.8 Å². The first-order valence-electron chi connectivity index (χ1n) is 13.5. The van der Waals surface area contributed by atoms with Gasteiger partial charge in [-0.1, -0.05) is 73.7 Å². The van der Waals surface area contributed by atoms with Gasteiger partial charge in [-0.3, -0.25) is 9.78 Å². The van der Waals surface area contributed by atoms with Crippen LogP contribution in [0.4, 0.5) is 0 Å². The zero-order valence-electron chi connectivity index (χ0n) is 22.6. The minimum absolute atomic E-state index is 0.0178. The summed E-state index contributed by atoms with van der Waals surface area (Å²) in [5.74, 6) is 1.09. The molecule has 5 rings (SSSR count). The number of fused-ring (bicyclic) bond motifs is 1. The molecule has 1 amide bonds. The van der Waals surface area contributed by atoms with Crippen LogP contribution in [0.5, 0.6) is 5.75 Å². The zero-order chi connectivity index (χ0) is 27.0. The zero-order valence-corrected chi connectivity index (χ0v) is 22.6. The van der Waals surface area contributed by atoms with Gasteiger partial charge in [0.05, 0.1) is 7.11 Å². The van der Waals surface area contributed by atoms with Crippen molar-refractivity contribution < 1.29 is 9.53 Å². The van der Waals surface area contributed by atoms with Crippen LogP contribution in [0.2, 0.25) is 0 Å². The first-order chi connectivity index (χ1) is 19.1. The van der Waals surface area contributed by atoms with E-state index in [2.05, 4.69) is 88.7 Å². The molecule has 2 heterocycles. The van der Waals surface area contributed by atoms with E-state index in [1.165, 1.54) is 27.6 Å². The smallest absolute Gasteiger partial charge is 0.220 e. The van der Waals surface area contributed by atoms with Crippen LogP contribution in [0.15, 0.2) is 109 Å². The van der Waals surface area contributed by atoms with Crippen molar-refractivity contribution >= 4 is 16.8 Å². The molecule has 5 nitrogen and oxygen atoms in total. The Morgan fingerprint density at radius 1 is 0.923 bits per heavy atom. The molecule has 0 saturated carbocycles. The van der Waals surface area contributed by atoms with Crippen molar-refractivity contribution in [1.29, 1.82) is 0 Å². The van der Waals surface area contributed by atoms with Crippen LogP contribution in [0.1, 0.15) is 47.6 Å². The summed E-state index contributed by atoms with van der Waals surface area (Å²) in [6, 6.07) is 33.1. The second kappa shape index (κ2) is 12.4. The number of carbonyl (C=O) groups excluding carboxylic acids is 1. The fraction of sp³-hybridized carbons (Fsp3) is 0.235. The molecule has 0 aliphatic carbocycles. The van der Waals surface area contributed by atoms with E-state index in [-0.39, 0.29) is 17.7 Å². The predicted octanol–water partition coefficient (Wildman–Crippen LogP) is 6.73. The van der Waals surface area contributed by atoms with Gasteiger partial charge in [0.2, 0.25) is 5.91 Å². The highest BCUT2D eigenvalue weighted by molar-refractivity contribution is 5.86. The molecular formula is C34H35N3O2. The number of pyridine rings is 1. The molecule has 39 heavy (non-hydrogen) atoms. The number of methoxy groups -OCH3 is 1. The molecule has 0 aliphatic rings. The first-order valence-corrected chi connectivity index (χ1v) is 13.5. The Labute approximate surface area is 230 Å². The number of hydrogen-bond donors (Lipinski definition) is 1. The minimum atomic E-state index is 0.0178. The molecule has 198 valence electrons. The van der Waals surface area contributed by atoms with E-state index in [1.54, 1.807) is 13.3 Å². The predicted molar refractivity (Wildman–Crippen MR) is 157 cm³/mol. The topological polar surface area (TPSA) is 56.1 Å². The minimum Gasteiger partial charge on any atom is -0.497 e. The van der Waals surface area contributed by atoms with E-state index in [1.807, 2.05) is 36.4 Å². The molecule has 3 aromatic carbocycles. The SMILES string of the molecule is COc1ccc(Cn2cc([C@H](CC(=O)NCCc3ccccn3)[C@@H](C)c3ccccc3)c3ccccc32)cc1. The molecule has 2 atom stereocenters. The number of carbonyl (C=O) groups is 1. The van der Waals surface area contributed by atoms with Gasteiger partial charge in [0.25, 0.3) is 0 Å². The lowest BCUT2D eigenvalue weighted by molar-refractivity contribution is -0.121. The maximum absolute atomic E-state index is 13.3. The second-order valence-corrected chi connectivity index (χ2v) is 10.0. The molecule has 5 aromatic rings. The molecular weight excluding hydrogens is 482 g/mol. The number of para-hydroxylation sites is 1. The lowest BCUT2D eigenvalue weighted by Crippen LogP contribution is -2.28. The summed E-state index contributed by atoms with van der Waals surface area (Å²) in [6.45, 7) is 3.55. The van der Waals surface area contributed by atoms with E-state index in [0.717, 1.165) is 18.0 Å². The van der Waals surface area contributed by atoms with E-state index in [0.29, 0.717) is 19.4 Å². The monoisotopic (exact) mass is 517 g/mol. The van der Waals surface area contributed by atoms with Crippen molar-refractivity contribution in [3.8, 4) is 5.75 Å². The average Bonchev–Trinajstić information content (AvgIpc) is 3.35. The fourth-order valence-electron chi connectivity index (χ4n) is 5.32. The first kappa shape index (κ1) is 26.2. The third-order valence-electron chi connectivity index (χ3n) is 7.49. The van der Waals surface area contributed by atoms with Gasteiger partial charge < -0.3 is 14.6 Å². The summed E-state index contributed by atoms with van der Waals surface area (Å²) in [5.41, 5.74) is 5.78. The van der Waals surface area contributed by atoms with Crippen LogP contribution >= 0.6 is 0 Å². The van der Waals surface area contributed by atoms with Crippen molar-refractivity contribution in [1.82, 2.24) is 14.9 Å². The molecule has 2 aromatic heterocycles. The van der Waals surface area contributed by atoms with Gasteiger partial charge in [-0.15, -0.1) is 0 Å². The largest absolute Gasteiger partial charge is 0.497 e. The quantitative estimate of drug-likeness (QED) is 0.211. The number of ether oxygens (including phenoxy) is 1. The Hall–Kier alpha value is -4.38. The van der Waals surface area contributed by atoms with Gasteiger partial charge in [0.15, 0.2) is 0 Å². The van der Waals surface area contributed by atoms with Crippen molar-refractivity contribution in [3.05, 3.63) is 132 Å². The summed E-state index contributed by atoms with van der Waals surface area (Å²) < 4.78 is 7.64. The lowest BCUT2D eigenvalue weighted by atomic mass is 9.80. The highest BCUT2D eigenvalue weighted by Crippen LogP contribution is 2.40. The van der Waals surface area contributed by atoms with Crippen LogP contribution in [0.25, 0.3) is 10.9 Å². The third kappa shape index (κ3) is 6.37. The molecule has 1 N–H and O–H groups in total. The Morgan fingerprint density at radius 2 is 1.67 bits per heavy atom. The normalized spacial score (nSPS) is 12.7. The maximum atomic E-state index is 13.3. The highest BCUT2D eigenvalue weighted by atomic mass is 16.5. The Morgan fingerprint density at radius 3 is 2.41 bits per heavy atom. The number of hydrogen-bond acceptors (Lipinski definition) is 3. The summed E-state index contributed by atoms with van der Waals surface area (Å²) in [5, 5.41) is 4.34. The van der Waals surface area contributed by atoms with Crippen LogP contribution in [-0.4, -0.2) is 29.1 Å². The number of amides is 1. The van der Waals surface area contributed by atoms with Gasteiger partial charge in [0.1, 0.15) is 5.75 Å². The van der Waals surface area contributed by atoms with Crippen LogP contribution in [0, 0.1) is 0 Å². The highest BCUT2D eigenvalue weighted by Gasteiger charge is 2.27. The molecule has 5 heteroatoms. The van der Waals surface area contributed by atoms with E-state index in [9.17, 15) is 4.79 Å². The van der Waals surface area contributed by atoms with Crippen molar-refractivity contribution in [2.24, 2.45) is 0 Å². The molecule has 0 spiro atoms. The molecule has 0 fully saturated rings. The Balaban J connectivity index is 1.43. The Kier molecular flexibility index (Phi) is 8.37. The standard InChI is InChI=1S/C34H35N3O2/c1-25(27-10-4-3-5-11-27)31(22-34(38)36-21-19-28-12-8-9-20-35-28)32-24-37(33-14-7-6-13-30(32)33)23-26-15-17-29(39-2)18-16-26/h3-18,20,24-25,31H,19,21-23H2,1-2H3,(H,36,38)/t25-,31+/m0/s1. The van der Waals surface area contributed by atoms with Gasteiger partial charge >= 0.3 is 0 Å². The lowest BCUT2D eigenvalue weighted by Gasteiger charge is -2.24. The molecule has 0 aliphatic heterocycles. The summed E-state index contributed by atoms with van der Waals surface area (Å²) in [4.78, 5) is 17.7. The average molecular weight is 518 g/mol. The summed E-state index contributed by atoms with van der Waals surface area (Å²) in [6.07, 6.45) is 5.16. The summed E-state index contributed by atoms with van der Waals surface area (Å²) in [7, 11) is 1.68. The molecule has 0 radical (unpaired) electrons. The van der Waals surface area contributed by atoms with E-state index in [4.69, 9.17) is 4.74 Å². The van der Waals surface area contributed by atoms with Crippen LogP contribution in [-0.2, 0) is 17.8 Å². The third-order valence-corrected chi connectivity index (χ3v) is 7.49. The van der Waals surface area contributed by atoms with Crippen LogP contribution < -0.4 is 10.1 Å². The number of benzene rings is 3. The fourth-order valence-corrected chi connectivity index (χ4v) is 5.32. The molecule has 0 saturated heterocycles. The van der Waals surface area contributed by atoms with Crippen LogP contribution in [0.3, 0.4) is 0 Å².